The SMILES string of the molecule is COc1cccc2[nH]c(C(=O)O)c(F)c12. The summed E-state index contributed by atoms with van der Waals surface area (Å²) < 4.78 is 18.6. The molecule has 0 unspecified atom stereocenters. The zero-order chi connectivity index (χ0) is 11.0. The van der Waals surface area contributed by atoms with E-state index in [0.717, 1.165) is 0 Å². The molecule has 0 radical (unpaired) electrons. The molecule has 0 aliphatic heterocycles. The number of hydrogen-bond acceptors (Lipinski definition) is 2. The molecule has 1 heterocycles. The average molecular weight is 209 g/mol. The van der Waals surface area contributed by atoms with Crippen LogP contribution in [-0.4, -0.2) is 23.2 Å². The Balaban J connectivity index is 2.82. The van der Waals surface area contributed by atoms with E-state index in [1.54, 1.807) is 18.2 Å². The van der Waals surface area contributed by atoms with Crippen molar-refractivity contribution in [2.24, 2.45) is 0 Å². The summed E-state index contributed by atoms with van der Waals surface area (Å²) in [5, 5.41) is 8.88. The van der Waals surface area contributed by atoms with Crippen molar-refractivity contribution < 1.29 is 19.0 Å². The third-order valence-electron chi connectivity index (χ3n) is 2.16. The highest BCUT2D eigenvalue weighted by molar-refractivity contribution is 5.96. The second-order valence-electron chi connectivity index (χ2n) is 3.00. The first-order valence-electron chi connectivity index (χ1n) is 4.22. The molecule has 1 aromatic heterocycles. The molecule has 0 saturated carbocycles. The van der Waals surface area contributed by atoms with Crippen molar-refractivity contribution in [1.82, 2.24) is 4.98 Å². The number of methoxy groups -OCH3 is 1. The van der Waals surface area contributed by atoms with E-state index >= 15 is 0 Å². The molecule has 1 aromatic carbocycles. The van der Waals surface area contributed by atoms with Gasteiger partial charge in [0.2, 0.25) is 0 Å². The monoisotopic (exact) mass is 209 g/mol. The molecular formula is C10H8FNO3. The van der Waals surface area contributed by atoms with Crippen molar-refractivity contribution in [2.45, 2.75) is 0 Å². The Hall–Kier alpha value is -2.04. The number of rotatable bonds is 2. The van der Waals surface area contributed by atoms with Crippen LogP contribution in [0, 0.1) is 5.82 Å². The van der Waals surface area contributed by atoms with Crippen LogP contribution in [0.25, 0.3) is 10.9 Å². The van der Waals surface area contributed by atoms with Crippen LogP contribution in [0.2, 0.25) is 0 Å². The minimum Gasteiger partial charge on any atom is -0.496 e. The number of carboxylic acids is 1. The van der Waals surface area contributed by atoms with Crippen LogP contribution in [0.3, 0.4) is 0 Å². The molecule has 5 heteroatoms. The van der Waals surface area contributed by atoms with E-state index in [-0.39, 0.29) is 5.39 Å². The van der Waals surface area contributed by atoms with E-state index < -0.39 is 17.5 Å². The third kappa shape index (κ3) is 1.32. The van der Waals surface area contributed by atoms with Gasteiger partial charge in [-0.15, -0.1) is 0 Å². The van der Waals surface area contributed by atoms with Gasteiger partial charge in [0.15, 0.2) is 11.5 Å². The number of halogens is 1. The van der Waals surface area contributed by atoms with Gasteiger partial charge in [0.25, 0.3) is 0 Å². The predicted molar refractivity (Wildman–Crippen MR) is 51.8 cm³/mol. The first kappa shape index (κ1) is 9.51. The first-order valence-corrected chi connectivity index (χ1v) is 4.22. The average Bonchev–Trinajstić information content (AvgIpc) is 2.56. The van der Waals surface area contributed by atoms with Gasteiger partial charge in [-0.25, -0.2) is 9.18 Å². The maximum atomic E-state index is 13.6. The van der Waals surface area contributed by atoms with Gasteiger partial charge >= 0.3 is 5.97 Å². The molecule has 0 fully saturated rings. The molecule has 2 N–H and O–H groups in total. The van der Waals surface area contributed by atoms with Gasteiger partial charge in [0.05, 0.1) is 18.0 Å². The Labute approximate surface area is 84.3 Å². The van der Waals surface area contributed by atoms with E-state index in [2.05, 4.69) is 4.98 Å². The van der Waals surface area contributed by atoms with Gasteiger partial charge < -0.3 is 14.8 Å². The molecule has 4 nitrogen and oxygen atoms in total. The highest BCUT2D eigenvalue weighted by Crippen LogP contribution is 2.29. The number of fused-ring (bicyclic) bond motifs is 1. The summed E-state index contributed by atoms with van der Waals surface area (Å²) in [5.74, 6) is -1.81. The zero-order valence-corrected chi connectivity index (χ0v) is 7.87. The molecule has 2 aromatic rings. The number of carboxylic acid groups (broad SMARTS) is 1. The van der Waals surface area contributed by atoms with Crippen LogP contribution in [-0.2, 0) is 0 Å². The van der Waals surface area contributed by atoms with E-state index in [1.807, 2.05) is 0 Å². The molecular weight excluding hydrogens is 201 g/mol. The fourth-order valence-corrected chi connectivity index (χ4v) is 1.49. The summed E-state index contributed by atoms with van der Waals surface area (Å²) >= 11 is 0. The maximum absolute atomic E-state index is 13.6. The number of nitrogens with one attached hydrogen (secondary N) is 1. The van der Waals surface area contributed by atoms with Gasteiger partial charge in [-0.2, -0.15) is 0 Å². The number of ether oxygens (including phenoxy) is 1. The van der Waals surface area contributed by atoms with Crippen molar-refractivity contribution in [3.05, 3.63) is 29.7 Å². The summed E-state index contributed by atoms with van der Waals surface area (Å²) in [6, 6.07) is 4.82. The van der Waals surface area contributed by atoms with Gasteiger partial charge in [0, 0.05) is 0 Å². The second-order valence-corrected chi connectivity index (χ2v) is 3.00. The van der Waals surface area contributed by atoms with Crippen LogP contribution >= 0.6 is 0 Å². The molecule has 0 aliphatic carbocycles. The minimum atomic E-state index is -1.33. The Kier molecular flexibility index (Phi) is 2.07. The third-order valence-corrected chi connectivity index (χ3v) is 2.16. The van der Waals surface area contributed by atoms with Crippen molar-refractivity contribution in [3.63, 3.8) is 0 Å². The van der Waals surface area contributed by atoms with Crippen LogP contribution in [0.4, 0.5) is 4.39 Å². The molecule has 2 rings (SSSR count). The Morgan fingerprint density at radius 1 is 1.53 bits per heavy atom. The highest BCUT2D eigenvalue weighted by atomic mass is 19.1. The lowest BCUT2D eigenvalue weighted by molar-refractivity contribution is 0.0686. The van der Waals surface area contributed by atoms with Crippen molar-refractivity contribution in [3.8, 4) is 5.75 Å². The number of H-pyrrole nitrogens is 1. The number of aromatic carboxylic acids is 1. The van der Waals surface area contributed by atoms with Gasteiger partial charge in [-0.1, -0.05) is 6.07 Å². The van der Waals surface area contributed by atoms with Crippen LogP contribution in [0.15, 0.2) is 18.2 Å². The van der Waals surface area contributed by atoms with Gasteiger partial charge in [-0.3, -0.25) is 0 Å². The van der Waals surface area contributed by atoms with Crippen LogP contribution in [0.1, 0.15) is 10.5 Å². The van der Waals surface area contributed by atoms with E-state index in [9.17, 15) is 9.18 Å². The molecule has 0 spiro atoms. The fourth-order valence-electron chi connectivity index (χ4n) is 1.49. The summed E-state index contributed by atoms with van der Waals surface area (Å²) in [5.41, 5.74) is -0.0428. The molecule has 0 aliphatic rings. The van der Waals surface area contributed by atoms with Crippen molar-refractivity contribution in [1.29, 1.82) is 0 Å². The number of benzene rings is 1. The molecule has 0 bridgehead atoms. The van der Waals surface area contributed by atoms with Crippen LogP contribution < -0.4 is 4.74 Å². The number of hydrogen-bond donors (Lipinski definition) is 2. The summed E-state index contributed by atoms with van der Waals surface area (Å²) in [6.07, 6.45) is 0. The molecule has 15 heavy (non-hydrogen) atoms. The maximum Gasteiger partial charge on any atom is 0.355 e. The smallest absolute Gasteiger partial charge is 0.355 e. The topological polar surface area (TPSA) is 62.3 Å². The van der Waals surface area contributed by atoms with E-state index in [4.69, 9.17) is 9.84 Å². The zero-order valence-electron chi connectivity index (χ0n) is 7.87. The Morgan fingerprint density at radius 2 is 2.27 bits per heavy atom. The summed E-state index contributed by atoms with van der Waals surface area (Å²) in [4.78, 5) is 13.2. The largest absolute Gasteiger partial charge is 0.496 e. The summed E-state index contributed by atoms with van der Waals surface area (Å²) in [7, 11) is 1.40. The lowest BCUT2D eigenvalue weighted by atomic mass is 10.2. The van der Waals surface area contributed by atoms with E-state index in [1.165, 1.54) is 7.11 Å². The quantitative estimate of drug-likeness (QED) is 0.795. The predicted octanol–water partition coefficient (Wildman–Crippen LogP) is 2.01. The lowest BCUT2D eigenvalue weighted by Gasteiger charge is -1.99. The van der Waals surface area contributed by atoms with Crippen molar-refractivity contribution >= 4 is 16.9 Å². The van der Waals surface area contributed by atoms with Gasteiger partial charge in [-0.05, 0) is 12.1 Å². The minimum absolute atomic E-state index is 0.164. The second kappa shape index (κ2) is 3.27. The number of aromatic nitrogens is 1. The first-order chi connectivity index (χ1) is 7.15. The molecule has 0 saturated heterocycles. The van der Waals surface area contributed by atoms with Crippen molar-refractivity contribution in [2.75, 3.05) is 7.11 Å². The van der Waals surface area contributed by atoms with Crippen LogP contribution in [0.5, 0.6) is 5.75 Å². The van der Waals surface area contributed by atoms with Gasteiger partial charge in [0.1, 0.15) is 5.75 Å². The highest BCUT2D eigenvalue weighted by Gasteiger charge is 2.19. The molecule has 78 valence electrons. The molecule has 0 amide bonds. The lowest BCUT2D eigenvalue weighted by Crippen LogP contribution is -1.98. The summed E-state index contributed by atoms with van der Waals surface area (Å²) in [6.45, 7) is 0. The Morgan fingerprint density at radius 3 is 2.87 bits per heavy atom. The number of carbonyl (C=O) groups is 1. The Bertz CT molecular complexity index is 533. The van der Waals surface area contributed by atoms with E-state index in [0.29, 0.717) is 11.3 Å². The molecule has 0 atom stereocenters. The normalized spacial score (nSPS) is 10.5. The number of aromatic amines is 1. The fraction of sp³-hybridized carbons (Fsp3) is 0.100. The standard InChI is InChI=1S/C10H8FNO3/c1-15-6-4-2-3-5-7(6)8(11)9(12-5)10(13)14/h2-4,12H,1H3,(H,13,14).